The Labute approximate surface area is 132 Å². The first kappa shape index (κ1) is 15.8. The zero-order chi connectivity index (χ0) is 15.9. The number of carbonyl (C=O) groups is 1. The minimum Gasteiger partial charge on any atom is -0.398 e. The van der Waals surface area contributed by atoms with E-state index in [4.69, 9.17) is 5.73 Å². The summed E-state index contributed by atoms with van der Waals surface area (Å²) in [5.41, 5.74) is 9.74. The highest BCUT2D eigenvalue weighted by atomic mass is 16.2. The predicted molar refractivity (Wildman–Crippen MR) is 92.2 cm³/mol. The van der Waals surface area contributed by atoms with Crippen LogP contribution < -0.4 is 5.73 Å². The zero-order valence-electron chi connectivity index (χ0n) is 13.1. The number of likely N-dealkylation sites (N-methyl/N-ethyl adjacent to an activating group) is 1. The van der Waals surface area contributed by atoms with Crippen molar-refractivity contribution < 1.29 is 4.79 Å². The van der Waals surface area contributed by atoms with Crippen LogP contribution in [0.3, 0.4) is 0 Å². The fourth-order valence-electron chi connectivity index (χ4n) is 2.18. The lowest BCUT2D eigenvalue weighted by atomic mass is 10.1. The van der Waals surface area contributed by atoms with E-state index in [1.807, 2.05) is 73.4 Å². The summed E-state index contributed by atoms with van der Waals surface area (Å²) < 4.78 is 0. The van der Waals surface area contributed by atoms with Crippen LogP contribution in [-0.4, -0.2) is 17.4 Å². The van der Waals surface area contributed by atoms with E-state index in [2.05, 4.69) is 0 Å². The van der Waals surface area contributed by atoms with Crippen LogP contribution in [0, 0.1) is 6.92 Å². The highest BCUT2D eigenvalue weighted by Crippen LogP contribution is 2.14. The monoisotopic (exact) mass is 294 g/mol. The first-order chi connectivity index (χ1) is 10.6. The first-order valence-corrected chi connectivity index (χ1v) is 7.47. The Kier molecular flexibility index (Phi) is 5.37. The van der Waals surface area contributed by atoms with E-state index in [0.717, 1.165) is 22.4 Å². The highest BCUT2D eigenvalue weighted by molar-refractivity contribution is 5.91. The Morgan fingerprint density at radius 2 is 1.91 bits per heavy atom. The molecule has 114 valence electrons. The van der Waals surface area contributed by atoms with Gasteiger partial charge in [-0.3, -0.25) is 4.79 Å². The summed E-state index contributed by atoms with van der Waals surface area (Å²) in [6, 6.07) is 15.8. The zero-order valence-corrected chi connectivity index (χ0v) is 13.1. The van der Waals surface area contributed by atoms with Crippen molar-refractivity contribution in [3.05, 3.63) is 71.3 Å². The summed E-state index contributed by atoms with van der Waals surface area (Å²) in [5.74, 6) is 0.00509. The molecule has 0 radical (unpaired) electrons. The van der Waals surface area contributed by atoms with Gasteiger partial charge in [-0.15, -0.1) is 0 Å². The molecular weight excluding hydrogens is 272 g/mol. The fraction of sp³-hybridized carbons (Fsp3) is 0.211. The highest BCUT2D eigenvalue weighted by Gasteiger charge is 2.08. The molecule has 0 aromatic heterocycles. The van der Waals surface area contributed by atoms with Crippen LogP contribution in [0.5, 0.6) is 0 Å². The van der Waals surface area contributed by atoms with Gasteiger partial charge in [0.05, 0.1) is 0 Å². The summed E-state index contributed by atoms with van der Waals surface area (Å²) in [7, 11) is 0. The van der Waals surface area contributed by atoms with Crippen molar-refractivity contribution in [2.24, 2.45) is 0 Å². The lowest BCUT2D eigenvalue weighted by molar-refractivity contribution is -0.126. The molecule has 0 spiro atoms. The summed E-state index contributed by atoms with van der Waals surface area (Å²) in [6.45, 7) is 5.25. The Hall–Kier alpha value is -2.55. The van der Waals surface area contributed by atoms with Crippen LogP contribution >= 0.6 is 0 Å². The van der Waals surface area contributed by atoms with Crippen LogP contribution in [0.15, 0.2) is 54.6 Å². The molecule has 0 fully saturated rings. The van der Waals surface area contributed by atoms with Crippen LogP contribution in [0.4, 0.5) is 5.69 Å². The molecule has 0 saturated carbocycles. The number of nitrogens with two attached hydrogens (primary N) is 1. The number of anilines is 1. The van der Waals surface area contributed by atoms with Crippen LogP contribution in [0.1, 0.15) is 23.6 Å². The Morgan fingerprint density at radius 3 is 2.55 bits per heavy atom. The van der Waals surface area contributed by atoms with Crippen molar-refractivity contribution in [3.63, 3.8) is 0 Å². The topological polar surface area (TPSA) is 46.3 Å². The SMILES string of the molecule is CCN(Cc1ccccc1)C(=O)/C=C/c1ccc(C)c(N)c1. The van der Waals surface area contributed by atoms with E-state index in [1.165, 1.54) is 0 Å². The van der Waals surface area contributed by atoms with Gasteiger partial charge in [0.15, 0.2) is 0 Å². The van der Waals surface area contributed by atoms with Gasteiger partial charge in [0, 0.05) is 24.9 Å². The van der Waals surface area contributed by atoms with Crippen molar-refractivity contribution >= 4 is 17.7 Å². The maximum Gasteiger partial charge on any atom is 0.246 e. The van der Waals surface area contributed by atoms with Crippen LogP contribution in [-0.2, 0) is 11.3 Å². The van der Waals surface area contributed by atoms with Gasteiger partial charge in [-0.2, -0.15) is 0 Å². The maximum absolute atomic E-state index is 12.3. The molecule has 2 rings (SSSR count). The second kappa shape index (κ2) is 7.46. The molecule has 0 saturated heterocycles. The van der Waals surface area contributed by atoms with Crippen molar-refractivity contribution in [1.82, 2.24) is 4.90 Å². The van der Waals surface area contributed by atoms with E-state index < -0.39 is 0 Å². The molecule has 0 unspecified atom stereocenters. The van der Waals surface area contributed by atoms with Gasteiger partial charge >= 0.3 is 0 Å². The van der Waals surface area contributed by atoms with Gasteiger partial charge in [0.25, 0.3) is 0 Å². The van der Waals surface area contributed by atoms with Crippen molar-refractivity contribution in [1.29, 1.82) is 0 Å². The van der Waals surface area contributed by atoms with Gasteiger partial charge in [0.1, 0.15) is 0 Å². The summed E-state index contributed by atoms with van der Waals surface area (Å²) in [4.78, 5) is 14.1. The molecule has 3 nitrogen and oxygen atoms in total. The molecule has 0 aliphatic carbocycles. The molecule has 0 atom stereocenters. The van der Waals surface area contributed by atoms with Gasteiger partial charge in [-0.1, -0.05) is 42.5 Å². The predicted octanol–water partition coefficient (Wildman–Crippen LogP) is 3.64. The summed E-state index contributed by atoms with van der Waals surface area (Å²) >= 11 is 0. The number of hydrogen-bond donors (Lipinski definition) is 1. The average molecular weight is 294 g/mol. The normalized spacial score (nSPS) is 10.8. The number of carbonyl (C=O) groups excluding carboxylic acids is 1. The molecule has 2 N–H and O–H groups in total. The standard InChI is InChI=1S/C19H22N2O/c1-3-21(14-17-7-5-4-6-8-17)19(22)12-11-16-10-9-15(2)18(20)13-16/h4-13H,3,14,20H2,1-2H3/b12-11+. The maximum atomic E-state index is 12.3. The minimum atomic E-state index is 0.00509. The number of hydrogen-bond acceptors (Lipinski definition) is 2. The van der Waals surface area contributed by atoms with Gasteiger partial charge in [-0.05, 0) is 42.7 Å². The van der Waals surface area contributed by atoms with Crippen molar-refractivity contribution in [2.75, 3.05) is 12.3 Å². The molecular formula is C19H22N2O. The second-order valence-electron chi connectivity index (χ2n) is 5.29. The number of nitrogen functional groups attached to an aromatic ring is 1. The smallest absolute Gasteiger partial charge is 0.246 e. The van der Waals surface area contributed by atoms with Gasteiger partial charge in [0.2, 0.25) is 5.91 Å². The summed E-state index contributed by atoms with van der Waals surface area (Å²) in [5, 5.41) is 0. The number of rotatable bonds is 5. The Bertz CT molecular complexity index is 662. The molecule has 0 bridgehead atoms. The number of nitrogens with zero attached hydrogens (tertiary/aromatic N) is 1. The first-order valence-electron chi connectivity index (χ1n) is 7.47. The molecule has 2 aromatic carbocycles. The third-order valence-corrected chi connectivity index (χ3v) is 3.63. The van der Waals surface area contributed by atoms with Gasteiger partial charge < -0.3 is 10.6 Å². The molecule has 3 heteroatoms. The average Bonchev–Trinajstić information content (AvgIpc) is 2.54. The van der Waals surface area contributed by atoms with E-state index in [1.54, 1.807) is 6.08 Å². The van der Waals surface area contributed by atoms with Crippen LogP contribution in [0.2, 0.25) is 0 Å². The number of aryl methyl sites for hydroxylation is 1. The van der Waals surface area contributed by atoms with E-state index in [9.17, 15) is 4.79 Å². The lowest BCUT2D eigenvalue weighted by Gasteiger charge is -2.19. The quantitative estimate of drug-likeness (QED) is 0.676. The lowest BCUT2D eigenvalue weighted by Crippen LogP contribution is -2.28. The summed E-state index contributed by atoms with van der Waals surface area (Å²) in [6.07, 6.45) is 3.42. The number of amides is 1. The molecule has 0 heterocycles. The molecule has 0 aliphatic heterocycles. The van der Waals surface area contributed by atoms with Crippen LogP contribution in [0.25, 0.3) is 6.08 Å². The second-order valence-corrected chi connectivity index (χ2v) is 5.29. The van der Waals surface area contributed by atoms with Crippen molar-refractivity contribution in [3.8, 4) is 0 Å². The fourth-order valence-corrected chi connectivity index (χ4v) is 2.18. The molecule has 1 amide bonds. The molecule has 0 aliphatic rings. The van der Waals surface area contributed by atoms with Crippen molar-refractivity contribution in [2.45, 2.75) is 20.4 Å². The minimum absolute atomic E-state index is 0.00509. The number of benzene rings is 2. The van der Waals surface area contributed by atoms with E-state index >= 15 is 0 Å². The van der Waals surface area contributed by atoms with E-state index in [0.29, 0.717) is 13.1 Å². The third-order valence-electron chi connectivity index (χ3n) is 3.63. The third kappa shape index (κ3) is 4.22. The molecule has 22 heavy (non-hydrogen) atoms. The largest absolute Gasteiger partial charge is 0.398 e. The molecule has 2 aromatic rings. The Balaban J connectivity index is 2.05. The van der Waals surface area contributed by atoms with Gasteiger partial charge in [-0.25, -0.2) is 0 Å². The Morgan fingerprint density at radius 1 is 1.18 bits per heavy atom. The van der Waals surface area contributed by atoms with E-state index in [-0.39, 0.29) is 5.91 Å².